The maximum absolute atomic E-state index is 5.87. The van der Waals surface area contributed by atoms with Gasteiger partial charge >= 0.3 is 0 Å². The Balaban J connectivity index is 1.76. The molecule has 2 heterocycles. The lowest BCUT2D eigenvalue weighted by atomic mass is 9.99. The molecule has 0 aromatic carbocycles. The first-order valence-corrected chi connectivity index (χ1v) is 6.92. The first-order valence-electron chi connectivity index (χ1n) is 6.17. The molecule has 5 nitrogen and oxygen atoms in total. The molecule has 0 bridgehead atoms. The summed E-state index contributed by atoms with van der Waals surface area (Å²) in [4.78, 5) is 6.44. The monoisotopic (exact) mass is 289 g/mol. The second-order valence-electron chi connectivity index (χ2n) is 4.67. The lowest BCUT2D eigenvalue weighted by Crippen LogP contribution is -2.36. The Bertz CT molecular complexity index is 393. The van der Waals surface area contributed by atoms with Gasteiger partial charge in [-0.05, 0) is 43.5 Å². The lowest BCUT2D eigenvalue weighted by molar-refractivity contribution is 0.199. The Labute approximate surface area is 117 Å². The van der Waals surface area contributed by atoms with Gasteiger partial charge in [0.15, 0.2) is 11.0 Å². The van der Waals surface area contributed by atoms with E-state index in [0.717, 1.165) is 19.0 Å². The van der Waals surface area contributed by atoms with Crippen molar-refractivity contribution in [2.45, 2.75) is 19.8 Å². The summed E-state index contributed by atoms with van der Waals surface area (Å²) >= 11 is 11.5. The van der Waals surface area contributed by atoms with Gasteiger partial charge in [0.2, 0.25) is 5.28 Å². The van der Waals surface area contributed by atoms with Gasteiger partial charge in [0.1, 0.15) is 0 Å². The summed E-state index contributed by atoms with van der Waals surface area (Å²) in [6.07, 6.45) is 2.56. The van der Waals surface area contributed by atoms with Crippen LogP contribution in [0.25, 0.3) is 0 Å². The molecule has 1 saturated heterocycles. The van der Waals surface area contributed by atoms with E-state index >= 15 is 0 Å². The summed E-state index contributed by atoms with van der Waals surface area (Å²) in [7, 11) is 0. The molecule has 0 unspecified atom stereocenters. The van der Waals surface area contributed by atoms with Crippen molar-refractivity contribution in [1.82, 2.24) is 20.1 Å². The first kappa shape index (κ1) is 13.8. The zero-order chi connectivity index (χ0) is 13.0. The third kappa shape index (κ3) is 3.93. The average molecular weight is 290 g/mol. The predicted octanol–water partition coefficient (Wildman–Crippen LogP) is 2.32. The number of hydrogen-bond acceptors (Lipinski definition) is 5. The molecule has 0 saturated carbocycles. The van der Waals surface area contributed by atoms with Crippen LogP contribution in [0.5, 0.6) is 0 Å². The van der Waals surface area contributed by atoms with Gasteiger partial charge in [0.05, 0.1) is 0 Å². The summed E-state index contributed by atoms with van der Waals surface area (Å²) in [5.74, 6) is 1.36. The topological polar surface area (TPSA) is 53.9 Å². The molecule has 0 spiro atoms. The number of piperidine rings is 1. The van der Waals surface area contributed by atoms with Crippen LogP contribution in [0.2, 0.25) is 10.4 Å². The van der Waals surface area contributed by atoms with E-state index in [1.165, 1.54) is 25.9 Å². The molecule has 0 radical (unpaired) electrons. The average Bonchev–Trinajstić information content (AvgIpc) is 2.36. The fraction of sp³-hybridized carbons (Fsp3) is 0.727. The Kier molecular flexibility index (Phi) is 4.97. The van der Waals surface area contributed by atoms with Gasteiger partial charge in [-0.2, -0.15) is 4.98 Å². The first-order chi connectivity index (χ1) is 8.65. The summed E-state index contributed by atoms with van der Waals surface area (Å²) in [6.45, 7) is 6.40. The van der Waals surface area contributed by atoms with Crippen molar-refractivity contribution in [2.75, 3.05) is 31.5 Å². The van der Waals surface area contributed by atoms with Crippen molar-refractivity contribution in [2.24, 2.45) is 5.92 Å². The molecule has 1 aliphatic heterocycles. The Morgan fingerprint density at radius 3 is 2.72 bits per heavy atom. The van der Waals surface area contributed by atoms with Crippen molar-refractivity contribution in [3.05, 3.63) is 10.4 Å². The molecule has 0 aliphatic carbocycles. The van der Waals surface area contributed by atoms with Gasteiger partial charge in [0.25, 0.3) is 0 Å². The van der Waals surface area contributed by atoms with Gasteiger partial charge < -0.3 is 10.2 Å². The Morgan fingerprint density at radius 2 is 2.00 bits per heavy atom. The van der Waals surface area contributed by atoms with Crippen molar-refractivity contribution in [1.29, 1.82) is 0 Å². The van der Waals surface area contributed by atoms with E-state index in [1.807, 2.05) is 0 Å². The molecule has 0 amide bonds. The number of nitrogens with zero attached hydrogens (tertiary/aromatic N) is 4. The number of hydrogen-bond donors (Lipinski definition) is 1. The van der Waals surface area contributed by atoms with Crippen LogP contribution in [0.15, 0.2) is 0 Å². The molecule has 0 atom stereocenters. The summed E-state index contributed by atoms with van der Waals surface area (Å²) in [5.41, 5.74) is 0. The number of halogens is 2. The number of nitrogens with one attached hydrogen (secondary N) is 1. The van der Waals surface area contributed by atoms with Crippen LogP contribution in [0.3, 0.4) is 0 Å². The van der Waals surface area contributed by atoms with E-state index in [2.05, 4.69) is 32.3 Å². The highest BCUT2D eigenvalue weighted by molar-refractivity contribution is 6.32. The van der Waals surface area contributed by atoms with Crippen LogP contribution < -0.4 is 5.32 Å². The zero-order valence-electron chi connectivity index (χ0n) is 10.4. The van der Waals surface area contributed by atoms with E-state index in [1.54, 1.807) is 0 Å². The fourth-order valence-electron chi connectivity index (χ4n) is 2.02. The fourth-order valence-corrected chi connectivity index (χ4v) is 2.29. The zero-order valence-corrected chi connectivity index (χ0v) is 11.9. The van der Waals surface area contributed by atoms with Gasteiger partial charge in [-0.3, -0.25) is 0 Å². The predicted molar refractivity (Wildman–Crippen MR) is 73.2 cm³/mol. The third-order valence-electron chi connectivity index (χ3n) is 3.22. The SMILES string of the molecule is CC1CCN(CCNc2nc(Cl)nnc2Cl)CC1. The smallest absolute Gasteiger partial charge is 0.245 e. The van der Waals surface area contributed by atoms with Gasteiger partial charge in [-0.1, -0.05) is 18.5 Å². The van der Waals surface area contributed by atoms with E-state index in [9.17, 15) is 0 Å². The summed E-state index contributed by atoms with van der Waals surface area (Å²) in [5, 5.41) is 10.8. The van der Waals surface area contributed by atoms with Crippen LogP contribution in [0.1, 0.15) is 19.8 Å². The minimum absolute atomic E-state index is 0.105. The molecule has 1 aromatic rings. The molecule has 1 N–H and O–H groups in total. The number of anilines is 1. The van der Waals surface area contributed by atoms with Gasteiger partial charge in [-0.15, -0.1) is 10.2 Å². The maximum Gasteiger partial charge on any atom is 0.245 e. The Hall–Kier alpha value is -0.650. The second-order valence-corrected chi connectivity index (χ2v) is 5.37. The molecule has 7 heteroatoms. The van der Waals surface area contributed by atoms with Crippen LogP contribution in [0.4, 0.5) is 5.82 Å². The number of rotatable bonds is 4. The summed E-state index contributed by atoms with van der Waals surface area (Å²) < 4.78 is 0. The second kappa shape index (κ2) is 6.50. The maximum atomic E-state index is 5.87. The highest BCUT2D eigenvalue weighted by Crippen LogP contribution is 2.17. The standard InChI is InChI=1S/C11H17Cl2N5/c1-8-2-5-18(6-3-8)7-4-14-10-9(12)16-17-11(13)15-10/h8H,2-7H2,1H3,(H,14,15,17). The molecule has 1 aliphatic rings. The normalized spacial score (nSPS) is 17.9. The highest BCUT2D eigenvalue weighted by Gasteiger charge is 2.15. The van der Waals surface area contributed by atoms with Gasteiger partial charge in [0, 0.05) is 13.1 Å². The van der Waals surface area contributed by atoms with Crippen LogP contribution in [-0.2, 0) is 0 Å². The van der Waals surface area contributed by atoms with E-state index < -0.39 is 0 Å². The largest absolute Gasteiger partial charge is 0.366 e. The van der Waals surface area contributed by atoms with E-state index in [-0.39, 0.29) is 10.4 Å². The molecule has 2 rings (SSSR count). The highest BCUT2D eigenvalue weighted by atomic mass is 35.5. The Morgan fingerprint density at radius 1 is 1.28 bits per heavy atom. The van der Waals surface area contributed by atoms with Crippen LogP contribution in [-0.4, -0.2) is 46.3 Å². The van der Waals surface area contributed by atoms with E-state index in [0.29, 0.717) is 5.82 Å². The van der Waals surface area contributed by atoms with Crippen molar-refractivity contribution in [3.8, 4) is 0 Å². The quantitative estimate of drug-likeness (QED) is 0.922. The minimum Gasteiger partial charge on any atom is -0.366 e. The van der Waals surface area contributed by atoms with E-state index in [4.69, 9.17) is 23.2 Å². The van der Waals surface area contributed by atoms with Crippen LogP contribution in [0, 0.1) is 5.92 Å². The molecule has 1 fully saturated rings. The van der Waals surface area contributed by atoms with Crippen LogP contribution >= 0.6 is 23.2 Å². The number of likely N-dealkylation sites (tertiary alicyclic amines) is 1. The minimum atomic E-state index is 0.105. The third-order valence-corrected chi connectivity index (χ3v) is 3.63. The van der Waals surface area contributed by atoms with Crippen molar-refractivity contribution in [3.63, 3.8) is 0 Å². The molecule has 100 valence electrons. The van der Waals surface area contributed by atoms with Crippen molar-refractivity contribution >= 4 is 29.0 Å². The molecule has 1 aromatic heterocycles. The summed E-state index contributed by atoms with van der Waals surface area (Å²) in [6, 6.07) is 0. The lowest BCUT2D eigenvalue weighted by Gasteiger charge is -2.30. The van der Waals surface area contributed by atoms with Crippen molar-refractivity contribution < 1.29 is 0 Å². The molecular formula is C11H17Cl2N5. The molecule has 18 heavy (non-hydrogen) atoms. The molecular weight excluding hydrogens is 273 g/mol. The van der Waals surface area contributed by atoms with Gasteiger partial charge in [-0.25, -0.2) is 0 Å². The number of aromatic nitrogens is 3.